The predicted molar refractivity (Wildman–Crippen MR) is 105 cm³/mol. The van der Waals surface area contributed by atoms with Crippen molar-refractivity contribution in [1.82, 2.24) is 20.2 Å². The molecule has 25 heavy (non-hydrogen) atoms. The molecule has 0 bridgehead atoms. The zero-order chi connectivity index (χ0) is 18.0. The molecule has 0 fully saturated rings. The van der Waals surface area contributed by atoms with Crippen molar-refractivity contribution in [1.29, 1.82) is 0 Å². The van der Waals surface area contributed by atoms with Crippen LogP contribution in [0.25, 0.3) is 10.2 Å². The van der Waals surface area contributed by atoms with Crippen LogP contribution in [0.2, 0.25) is 0 Å². The molecule has 1 amide bonds. The maximum absolute atomic E-state index is 12.2. The number of amides is 1. The van der Waals surface area contributed by atoms with Gasteiger partial charge in [0, 0.05) is 16.7 Å². The Kier molecular flexibility index (Phi) is 5.65. The van der Waals surface area contributed by atoms with Gasteiger partial charge in [0.2, 0.25) is 11.0 Å². The van der Waals surface area contributed by atoms with Crippen molar-refractivity contribution in [2.75, 3.05) is 11.1 Å². The van der Waals surface area contributed by atoms with E-state index in [2.05, 4.69) is 41.3 Å². The quantitative estimate of drug-likeness (QED) is 0.500. The molecule has 0 spiro atoms. The van der Waals surface area contributed by atoms with Gasteiger partial charge in [-0.15, -0.1) is 21.5 Å². The number of carbonyl (C=O) groups excluding carboxylic acids is 1. The zero-order valence-electron chi connectivity index (χ0n) is 14.5. The molecule has 9 heteroatoms. The summed E-state index contributed by atoms with van der Waals surface area (Å²) in [5.41, 5.74) is 1.20. The molecule has 0 radical (unpaired) electrons. The Morgan fingerprint density at radius 3 is 2.64 bits per heavy atom. The Labute approximate surface area is 158 Å². The molecule has 0 unspecified atom stereocenters. The number of anilines is 1. The van der Waals surface area contributed by atoms with Gasteiger partial charge in [-0.1, -0.05) is 30.0 Å². The molecule has 0 atom stereocenters. The third-order valence-electron chi connectivity index (χ3n) is 3.63. The van der Waals surface area contributed by atoms with Gasteiger partial charge in [-0.2, -0.15) is 0 Å². The topological polar surface area (TPSA) is 80.7 Å². The lowest BCUT2D eigenvalue weighted by molar-refractivity contribution is -0.113. The monoisotopic (exact) mass is 393 g/mol. The molecule has 6 nitrogen and oxygen atoms in total. The zero-order valence-corrected chi connectivity index (χ0v) is 17.0. The lowest BCUT2D eigenvalue weighted by atomic mass is 10.2. The highest BCUT2D eigenvalue weighted by atomic mass is 32.2. The fraction of sp³-hybridized carbons (Fsp3) is 0.438. The molecule has 3 rings (SSSR count). The minimum absolute atomic E-state index is 0.102. The number of aromatic nitrogens is 4. The second-order valence-electron chi connectivity index (χ2n) is 5.62. The average Bonchev–Trinajstić information content (AvgIpc) is 3.09. The van der Waals surface area contributed by atoms with E-state index in [1.165, 1.54) is 33.5 Å². The number of hydrogen-bond acceptors (Lipinski definition) is 8. The number of rotatable bonds is 6. The van der Waals surface area contributed by atoms with Crippen molar-refractivity contribution >= 4 is 55.7 Å². The Hall–Kier alpha value is -1.58. The molecule has 132 valence electrons. The van der Waals surface area contributed by atoms with Crippen LogP contribution in [0.3, 0.4) is 0 Å². The third-order valence-corrected chi connectivity index (χ3v) is 6.46. The number of thioether (sulfide) groups is 1. The summed E-state index contributed by atoms with van der Waals surface area (Å²) < 4.78 is 0. The Morgan fingerprint density at radius 1 is 1.16 bits per heavy atom. The number of nitrogens with zero attached hydrogens (tertiary/aromatic N) is 4. The highest BCUT2D eigenvalue weighted by Crippen LogP contribution is 2.35. The standard InChI is InChI=1S/C16H19N5OS3/c1-5-6-11-17-14(13-8(2)9(3)24-15(13)18-11)23-7-12(22)19-16-21-20-10(4)25-16/h5-7H2,1-4H3,(H,19,21,22). The Balaban J connectivity index is 1.80. The lowest BCUT2D eigenvalue weighted by Crippen LogP contribution is -2.14. The summed E-state index contributed by atoms with van der Waals surface area (Å²) in [6.45, 7) is 8.16. The number of nitrogens with one attached hydrogen (secondary N) is 1. The van der Waals surface area contributed by atoms with E-state index in [-0.39, 0.29) is 11.7 Å². The van der Waals surface area contributed by atoms with Crippen LogP contribution >= 0.6 is 34.4 Å². The van der Waals surface area contributed by atoms with Crippen LogP contribution in [-0.2, 0) is 11.2 Å². The van der Waals surface area contributed by atoms with Gasteiger partial charge in [0.25, 0.3) is 0 Å². The number of hydrogen-bond donors (Lipinski definition) is 1. The van der Waals surface area contributed by atoms with Gasteiger partial charge in [0.05, 0.1) is 5.75 Å². The second-order valence-corrected chi connectivity index (χ2v) is 8.97. The van der Waals surface area contributed by atoms with Crippen molar-refractivity contribution in [3.05, 3.63) is 21.3 Å². The number of carbonyl (C=O) groups is 1. The Morgan fingerprint density at radius 2 is 1.96 bits per heavy atom. The molecule has 1 N–H and O–H groups in total. The second kappa shape index (κ2) is 7.76. The summed E-state index contributed by atoms with van der Waals surface area (Å²) in [6, 6.07) is 0. The fourth-order valence-corrected chi connectivity index (χ4v) is 4.96. The van der Waals surface area contributed by atoms with Gasteiger partial charge in [-0.05, 0) is 32.8 Å². The van der Waals surface area contributed by atoms with Crippen molar-refractivity contribution in [2.45, 2.75) is 45.6 Å². The first kappa shape index (κ1) is 18.2. The SMILES string of the molecule is CCCc1nc(SCC(=O)Nc2nnc(C)s2)c2c(C)c(C)sc2n1. The highest BCUT2D eigenvalue weighted by Gasteiger charge is 2.16. The number of thiophene rings is 1. The van der Waals surface area contributed by atoms with Crippen molar-refractivity contribution < 1.29 is 4.79 Å². The maximum atomic E-state index is 12.2. The van der Waals surface area contributed by atoms with E-state index in [0.29, 0.717) is 5.13 Å². The van der Waals surface area contributed by atoms with Crippen molar-refractivity contribution in [2.24, 2.45) is 0 Å². The van der Waals surface area contributed by atoms with E-state index in [4.69, 9.17) is 4.98 Å². The number of fused-ring (bicyclic) bond motifs is 1. The van der Waals surface area contributed by atoms with Crippen LogP contribution in [0.1, 0.15) is 34.6 Å². The van der Waals surface area contributed by atoms with E-state index in [1.54, 1.807) is 11.3 Å². The first-order chi connectivity index (χ1) is 12.0. The minimum atomic E-state index is -0.102. The normalized spacial score (nSPS) is 11.2. The predicted octanol–water partition coefficient (Wildman–Crippen LogP) is 4.15. The molecule has 0 saturated heterocycles. The molecule has 0 aliphatic carbocycles. The minimum Gasteiger partial charge on any atom is -0.300 e. The van der Waals surface area contributed by atoms with Gasteiger partial charge in [-0.25, -0.2) is 9.97 Å². The molecule has 0 aliphatic rings. The van der Waals surface area contributed by atoms with E-state index < -0.39 is 0 Å². The van der Waals surface area contributed by atoms with Crippen LogP contribution in [-0.4, -0.2) is 31.8 Å². The van der Waals surface area contributed by atoms with Crippen LogP contribution in [0.4, 0.5) is 5.13 Å². The van der Waals surface area contributed by atoms with Crippen LogP contribution in [0, 0.1) is 20.8 Å². The van der Waals surface area contributed by atoms with E-state index >= 15 is 0 Å². The summed E-state index contributed by atoms with van der Waals surface area (Å²) in [5, 5.41) is 13.9. The average molecular weight is 394 g/mol. The molecule has 3 heterocycles. The summed E-state index contributed by atoms with van der Waals surface area (Å²) in [6.07, 6.45) is 1.84. The molecule has 3 aromatic heterocycles. The third kappa shape index (κ3) is 4.16. The molecular formula is C16H19N5OS3. The van der Waals surface area contributed by atoms with Gasteiger partial charge in [-0.3, -0.25) is 10.1 Å². The van der Waals surface area contributed by atoms with Crippen molar-refractivity contribution in [3.8, 4) is 0 Å². The molecule has 0 saturated carbocycles. The van der Waals surface area contributed by atoms with Gasteiger partial charge < -0.3 is 0 Å². The van der Waals surface area contributed by atoms with E-state index in [0.717, 1.165) is 38.9 Å². The fourth-order valence-electron chi connectivity index (χ4n) is 2.33. The van der Waals surface area contributed by atoms with Crippen molar-refractivity contribution in [3.63, 3.8) is 0 Å². The van der Waals surface area contributed by atoms with Gasteiger partial charge >= 0.3 is 0 Å². The number of aryl methyl sites for hydroxylation is 4. The smallest absolute Gasteiger partial charge is 0.236 e. The molecule has 0 aromatic carbocycles. The highest BCUT2D eigenvalue weighted by molar-refractivity contribution is 8.00. The molecule has 0 aliphatic heterocycles. The first-order valence-corrected chi connectivity index (χ1v) is 10.6. The summed E-state index contributed by atoms with van der Waals surface area (Å²) in [4.78, 5) is 23.8. The lowest BCUT2D eigenvalue weighted by Gasteiger charge is -2.06. The largest absolute Gasteiger partial charge is 0.300 e. The molecule has 3 aromatic rings. The van der Waals surface area contributed by atoms with Crippen LogP contribution in [0.15, 0.2) is 5.03 Å². The summed E-state index contributed by atoms with van der Waals surface area (Å²) >= 11 is 4.51. The van der Waals surface area contributed by atoms with E-state index in [1.807, 2.05) is 6.92 Å². The van der Waals surface area contributed by atoms with Gasteiger partial charge in [0.15, 0.2) is 0 Å². The Bertz CT molecular complexity index is 918. The van der Waals surface area contributed by atoms with Crippen LogP contribution < -0.4 is 5.32 Å². The summed E-state index contributed by atoms with van der Waals surface area (Å²) in [7, 11) is 0. The maximum Gasteiger partial charge on any atom is 0.236 e. The summed E-state index contributed by atoms with van der Waals surface area (Å²) in [5.74, 6) is 1.03. The first-order valence-electron chi connectivity index (χ1n) is 7.97. The van der Waals surface area contributed by atoms with Crippen LogP contribution in [0.5, 0.6) is 0 Å². The van der Waals surface area contributed by atoms with E-state index in [9.17, 15) is 4.79 Å². The molecular weight excluding hydrogens is 374 g/mol. The van der Waals surface area contributed by atoms with Gasteiger partial charge in [0.1, 0.15) is 20.7 Å².